The molecule has 5 rings (SSSR count). The Bertz CT molecular complexity index is 1940. The number of hydrogen-bond donors (Lipinski definition) is 1. The molecule has 4 aromatic rings. The standard InChI is InChI=1S/C37H35F7N2O4S/c1-4-50-30(47)19-49-17-16-45-33(22-10-6-5-7-11-22)29-20-51-35-24(18-25-26(37(42,43)44)13-9-15-28(25)38)21(2)31(34(48)46(29)35)23-12-8-14-27(32(23)39)36(3,40)41/h5-15,29,33,45H,4,16-20H2,1-3H3. The van der Waals surface area contributed by atoms with Gasteiger partial charge in [-0.3, -0.25) is 9.36 Å². The van der Waals surface area contributed by atoms with Crippen molar-refractivity contribution in [1.82, 2.24) is 9.88 Å². The monoisotopic (exact) mass is 736 g/mol. The van der Waals surface area contributed by atoms with Crippen molar-refractivity contribution in [2.24, 2.45) is 0 Å². The van der Waals surface area contributed by atoms with Crippen LogP contribution in [0.1, 0.15) is 59.3 Å². The average molecular weight is 737 g/mol. The molecular formula is C37H35F7N2O4S. The van der Waals surface area contributed by atoms with Crippen LogP contribution in [-0.2, 0) is 32.8 Å². The molecular weight excluding hydrogens is 701 g/mol. The van der Waals surface area contributed by atoms with Crippen LogP contribution in [-0.4, -0.2) is 42.7 Å². The number of hydrogen-bond acceptors (Lipinski definition) is 6. The van der Waals surface area contributed by atoms with Gasteiger partial charge in [-0.2, -0.15) is 13.2 Å². The summed E-state index contributed by atoms with van der Waals surface area (Å²) in [5, 5.41) is 3.59. The highest BCUT2D eigenvalue weighted by Crippen LogP contribution is 2.45. The minimum atomic E-state index is -4.91. The van der Waals surface area contributed by atoms with E-state index in [0.29, 0.717) is 6.92 Å². The number of carbonyl (C=O) groups is 1. The van der Waals surface area contributed by atoms with Crippen LogP contribution in [0.25, 0.3) is 11.1 Å². The van der Waals surface area contributed by atoms with Gasteiger partial charge in [-0.05, 0) is 42.7 Å². The van der Waals surface area contributed by atoms with E-state index in [9.17, 15) is 31.5 Å². The predicted octanol–water partition coefficient (Wildman–Crippen LogP) is 8.38. The zero-order valence-electron chi connectivity index (χ0n) is 27.9. The number of fused-ring (bicyclic) bond motifs is 1. The first-order chi connectivity index (χ1) is 24.1. The summed E-state index contributed by atoms with van der Waals surface area (Å²) in [4.78, 5) is 26.3. The predicted molar refractivity (Wildman–Crippen MR) is 179 cm³/mol. The number of pyridine rings is 1. The molecule has 1 aliphatic rings. The molecule has 1 N–H and O–H groups in total. The van der Waals surface area contributed by atoms with Crippen LogP contribution in [0.4, 0.5) is 30.7 Å². The molecule has 51 heavy (non-hydrogen) atoms. The van der Waals surface area contributed by atoms with Gasteiger partial charge in [0.05, 0.1) is 47.0 Å². The minimum absolute atomic E-state index is 0.0443. The molecule has 14 heteroatoms. The third-order valence-electron chi connectivity index (χ3n) is 8.66. The third kappa shape index (κ3) is 8.18. The summed E-state index contributed by atoms with van der Waals surface area (Å²) in [6.45, 7) is 3.76. The molecule has 0 aliphatic carbocycles. The van der Waals surface area contributed by atoms with E-state index in [4.69, 9.17) is 9.47 Å². The van der Waals surface area contributed by atoms with E-state index >= 15 is 8.78 Å². The Morgan fingerprint density at radius 2 is 1.67 bits per heavy atom. The van der Waals surface area contributed by atoms with Crippen molar-refractivity contribution in [1.29, 1.82) is 0 Å². The van der Waals surface area contributed by atoms with Gasteiger partial charge in [0, 0.05) is 36.8 Å². The minimum Gasteiger partial charge on any atom is -0.464 e. The quantitative estimate of drug-likeness (QED) is 0.0846. The zero-order valence-corrected chi connectivity index (χ0v) is 28.7. The Morgan fingerprint density at radius 3 is 2.33 bits per heavy atom. The fourth-order valence-corrected chi connectivity index (χ4v) is 7.75. The van der Waals surface area contributed by atoms with Gasteiger partial charge in [-0.25, -0.2) is 22.4 Å². The Morgan fingerprint density at radius 1 is 0.980 bits per heavy atom. The van der Waals surface area contributed by atoms with Crippen molar-refractivity contribution in [2.75, 3.05) is 32.1 Å². The van der Waals surface area contributed by atoms with Gasteiger partial charge >= 0.3 is 12.1 Å². The molecule has 2 heterocycles. The van der Waals surface area contributed by atoms with E-state index in [2.05, 4.69) is 5.32 Å². The molecule has 3 aromatic carbocycles. The number of nitrogens with one attached hydrogen (secondary N) is 1. The molecule has 0 radical (unpaired) electrons. The maximum absolute atomic E-state index is 16.0. The van der Waals surface area contributed by atoms with Crippen molar-refractivity contribution in [3.05, 3.63) is 122 Å². The molecule has 2 atom stereocenters. The number of rotatable bonds is 13. The lowest BCUT2D eigenvalue weighted by molar-refractivity contribution is -0.148. The molecule has 0 spiro atoms. The van der Waals surface area contributed by atoms with Crippen LogP contribution in [0.3, 0.4) is 0 Å². The van der Waals surface area contributed by atoms with E-state index in [0.717, 1.165) is 29.8 Å². The maximum atomic E-state index is 16.0. The second kappa shape index (κ2) is 15.6. The summed E-state index contributed by atoms with van der Waals surface area (Å²) in [7, 11) is 0. The highest BCUT2D eigenvalue weighted by Gasteiger charge is 2.39. The topological polar surface area (TPSA) is 69.6 Å². The van der Waals surface area contributed by atoms with Crippen molar-refractivity contribution in [2.45, 2.75) is 56.4 Å². The molecule has 0 bridgehead atoms. The number of ether oxygens (including phenoxy) is 2. The molecule has 2 unspecified atom stereocenters. The first-order valence-electron chi connectivity index (χ1n) is 16.1. The normalized spacial score (nSPS) is 15.1. The number of carbonyl (C=O) groups excluding carboxylic acids is 1. The molecule has 272 valence electrons. The number of halogens is 7. The lowest BCUT2D eigenvalue weighted by atomic mass is 9.91. The molecule has 0 fully saturated rings. The van der Waals surface area contributed by atoms with Crippen molar-refractivity contribution >= 4 is 17.7 Å². The van der Waals surface area contributed by atoms with Crippen LogP contribution >= 0.6 is 11.8 Å². The summed E-state index contributed by atoms with van der Waals surface area (Å²) >= 11 is 1.17. The van der Waals surface area contributed by atoms with E-state index in [-0.39, 0.29) is 53.8 Å². The second-order valence-electron chi connectivity index (χ2n) is 12.0. The van der Waals surface area contributed by atoms with Gasteiger partial charge < -0.3 is 14.8 Å². The van der Waals surface area contributed by atoms with Gasteiger partial charge in [0.2, 0.25) is 0 Å². The smallest absolute Gasteiger partial charge is 0.416 e. The maximum Gasteiger partial charge on any atom is 0.416 e. The molecule has 0 saturated heterocycles. The number of alkyl halides is 5. The van der Waals surface area contributed by atoms with Crippen LogP contribution in [0.5, 0.6) is 0 Å². The van der Waals surface area contributed by atoms with E-state index in [1.165, 1.54) is 35.4 Å². The Balaban J connectivity index is 1.69. The Kier molecular flexibility index (Phi) is 11.7. The lowest BCUT2D eigenvalue weighted by Crippen LogP contribution is -2.37. The summed E-state index contributed by atoms with van der Waals surface area (Å²) in [5.74, 6) is -6.41. The van der Waals surface area contributed by atoms with Crippen LogP contribution in [0.15, 0.2) is 76.6 Å². The van der Waals surface area contributed by atoms with Gasteiger partial charge in [0.25, 0.3) is 11.5 Å². The highest BCUT2D eigenvalue weighted by atomic mass is 32.2. The number of esters is 1. The number of nitrogens with zero attached hydrogens (tertiary/aromatic N) is 1. The summed E-state index contributed by atoms with van der Waals surface area (Å²) < 4.78 is 114. The largest absolute Gasteiger partial charge is 0.464 e. The Labute approximate surface area is 294 Å². The van der Waals surface area contributed by atoms with Crippen LogP contribution < -0.4 is 10.9 Å². The average Bonchev–Trinajstić information content (AvgIpc) is 3.50. The fourth-order valence-electron chi connectivity index (χ4n) is 6.32. The van der Waals surface area contributed by atoms with E-state index in [1.807, 2.05) is 12.1 Å². The van der Waals surface area contributed by atoms with Crippen LogP contribution in [0.2, 0.25) is 0 Å². The SMILES string of the molecule is CCOC(=O)COCCNC(c1ccccc1)C1CSc2c(Cc3c(F)cccc3C(F)(F)F)c(C)c(-c3cccc(C(C)(F)F)c3F)c(=O)n21. The molecule has 0 saturated carbocycles. The van der Waals surface area contributed by atoms with Gasteiger partial charge in [-0.1, -0.05) is 54.6 Å². The van der Waals surface area contributed by atoms with Crippen molar-refractivity contribution in [3.63, 3.8) is 0 Å². The first-order valence-corrected chi connectivity index (χ1v) is 17.1. The van der Waals surface area contributed by atoms with E-state index < -0.39 is 76.0 Å². The molecule has 1 aliphatic heterocycles. The first kappa shape index (κ1) is 38.1. The zero-order chi connectivity index (χ0) is 37.1. The van der Waals surface area contributed by atoms with Gasteiger partial charge in [0.1, 0.15) is 18.2 Å². The van der Waals surface area contributed by atoms with Crippen molar-refractivity contribution in [3.8, 4) is 11.1 Å². The van der Waals surface area contributed by atoms with Gasteiger partial charge in [-0.15, -0.1) is 11.8 Å². The molecule has 1 aromatic heterocycles. The summed E-state index contributed by atoms with van der Waals surface area (Å²) in [6, 6.07) is 13.5. The van der Waals surface area contributed by atoms with E-state index in [1.54, 1.807) is 25.1 Å². The Hall–Kier alpha value is -4.14. The lowest BCUT2D eigenvalue weighted by Gasteiger charge is -2.28. The highest BCUT2D eigenvalue weighted by molar-refractivity contribution is 7.99. The van der Waals surface area contributed by atoms with Crippen molar-refractivity contribution < 1.29 is 45.0 Å². The van der Waals surface area contributed by atoms with Gasteiger partial charge in [0.15, 0.2) is 0 Å². The molecule has 0 amide bonds. The summed E-state index contributed by atoms with van der Waals surface area (Å²) in [5.41, 5.74) is -3.46. The number of aromatic nitrogens is 1. The third-order valence-corrected chi connectivity index (χ3v) is 9.88. The van der Waals surface area contributed by atoms with Crippen LogP contribution in [0, 0.1) is 18.6 Å². The molecule has 6 nitrogen and oxygen atoms in total. The fraction of sp³-hybridized carbons (Fsp3) is 0.351. The summed E-state index contributed by atoms with van der Waals surface area (Å²) in [6.07, 6.45) is -5.53. The number of benzene rings is 3. The second-order valence-corrected chi connectivity index (χ2v) is 13.0. The number of thioether (sulfide) groups is 1.